The first-order chi connectivity index (χ1) is 26.3. The van der Waals surface area contributed by atoms with Crippen LogP contribution in [0.1, 0.15) is 43.0 Å². The maximum Gasteiger partial charge on any atom is 0.260 e. The largest absolute Gasteiger partial charge is 0.493 e. The highest BCUT2D eigenvalue weighted by molar-refractivity contribution is 6.14. The Morgan fingerprint density at radius 2 is 1.26 bits per heavy atom. The molecule has 5 aromatic rings. The van der Waals surface area contributed by atoms with Crippen molar-refractivity contribution in [2.75, 3.05) is 49.6 Å². The molecule has 54 heavy (non-hydrogen) atoms. The summed E-state index contributed by atoms with van der Waals surface area (Å²) in [5.41, 5.74) is 8.73. The van der Waals surface area contributed by atoms with Crippen molar-refractivity contribution < 1.29 is 33.1 Å². The number of rotatable bonds is 8. The van der Waals surface area contributed by atoms with Gasteiger partial charge in [-0.1, -0.05) is 54.6 Å². The summed E-state index contributed by atoms with van der Waals surface area (Å²) in [6.07, 6.45) is 5.03. The van der Waals surface area contributed by atoms with Gasteiger partial charge in [0.25, 0.3) is 5.91 Å². The Kier molecular flexibility index (Phi) is 8.25. The van der Waals surface area contributed by atoms with Crippen LogP contribution in [0.5, 0.6) is 23.0 Å². The number of para-hydroxylation sites is 2. The number of hydrogen-bond donors (Lipinski definition) is 0. The van der Waals surface area contributed by atoms with Gasteiger partial charge in [-0.25, -0.2) is 0 Å². The van der Waals surface area contributed by atoms with Crippen LogP contribution < -0.4 is 33.6 Å². The van der Waals surface area contributed by atoms with Crippen LogP contribution in [-0.2, 0) is 26.1 Å². The lowest BCUT2D eigenvalue weighted by Crippen LogP contribution is -2.41. The van der Waals surface area contributed by atoms with Gasteiger partial charge in [-0.2, -0.15) is 0 Å². The van der Waals surface area contributed by atoms with E-state index in [1.807, 2.05) is 101 Å². The predicted octanol–water partition coefficient (Wildman–Crippen LogP) is 6.69. The number of hydrogen-bond acceptors (Lipinski definition) is 7. The van der Waals surface area contributed by atoms with Crippen LogP contribution in [0.15, 0.2) is 97.1 Å². The predicted molar refractivity (Wildman–Crippen MR) is 207 cm³/mol. The summed E-state index contributed by atoms with van der Waals surface area (Å²) in [7, 11) is 7.10. The Morgan fingerprint density at radius 1 is 0.667 bits per heavy atom. The van der Waals surface area contributed by atoms with E-state index in [1.165, 1.54) is 5.56 Å². The van der Waals surface area contributed by atoms with Crippen molar-refractivity contribution in [1.29, 1.82) is 0 Å². The van der Waals surface area contributed by atoms with Crippen molar-refractivity contribution >= 4 is 40.8 Å². The molecule has 5 aromatic carbocycles. The molecule has 0 bridgehead atoms. The lowest BCUT2D eigenvalue weighted by molar-refractivity contribution is -0.401. The van der Waals surface area contributed by atoms with E-state index in [0.717, 1.165) is 40.2 Å². The molecular formula is C44H40N4O6. The second-order valence-corrected chi connectivity index (χ2v) is 14.2. The number of amides is 2. The van der Waals surface area contributed by atoms with Gasteiger partial charge in [0.15, 0.2) is 17.2 Å². The molecule has 2 amide bonds. The van der Waals surface area contributed by atoms with Crippen LogP contribution in [-0.4, -0.2) is 69.5 Å². The standard InChI is InChI=1S/C44H40N4O6/c1-45-23-31-17-29-12-5-7-14-35(29)47(31)43(49)33-19-39(51-3)41(21-37(33)45)53-25-27-10-9-11-28(16-27)26-54-42-22-38-34(20-40(42)52-4)44(50)48-32(24-46(38)2)18-30-13-6-8-15-36(30)48/h5-16,19-22,31-32H,17-18,23,25-26H2,1-4H3/t31-,32-/m0/s1. The molecule has 0 aliphatic carbocycles. The lowest BCUT2D eigenvalue weighted by atomic mass is 10.1. The van der Waals surface area contributed by atoms with Crippen LogP contribution in [0.3, 0.4) is 0 Å². The highest BCUT2D eigenvalue weighted by Gasteiger charge is 2.40. The molecular weight excluding hydrogens is 681 g/mol. The lowest BCUT2D eigenvalue weighted by Gasteiger charge is -2.25. The van der Waals surface area contributed by atoms with Crippen LogP contribution in [0.4, 0.5) is 22.7 Å². The number of methoxy groups -OCH3 is 2. The van der Waals surface area contributed by atoms with Crippen molar-refractivity contribution in [1.82, 2.24) is 0 Å². The molecule has 0 radical (unpaired) electrons. The summed E-state index contributed by atoms with van der Waals surface area (Å²) >= 11 is 0. The molecule has 0 N–H and O–H groups in total. The van der Waals surface area contributed by atoms with Gasteiger partial charge in [-0.15, -0.1) is 0 Å². The molecule has 0 unspecified atom stereocenters. The SMILES string of the molecule is COc1cc2c(cc1OCc1cccc(COc3cc4c(cc3OC)C(=O)N3c5ccccc5C[C@H]3[C-]=[N+]4C)c1)N(C)C[C@@H]1Cc3ccccc3N1C2=O. The quantitative estimate of drug-likeness (QED) is 0.131. The van der Waals surface area contributed by atoms with Crippen molar-refractivity contribution in [2.45, 2.75) is 38.1 Å². The Labute approximate surface area is 314 Å². The zero-order valence-electron chi connectivity index (χ0n) is 30.7. The number of likely N-dealkylation sites (N-methyl/N-ethyl adjacent to an activating group) is 1. The summed E-state index contributed by atoms with van der Waals surface area (Å²) in [6.45, 7) is 1.25. The highest BCUT2D eigenvalue weighted by atomic mass is 16.5. The minimum atomic E-state index is -0.197. The summed E-state index contributed by atoms with van der Waals surface area (Å²) in [6, 6.07) is 31.3. The molecule has 10 nitrogen and oxygen atoms in total. The first kappa shape index (κ1) is 33.5. The van der Waals surface area contributed by atoms with Gasteiger partial charge in [0, 0.05) is 48.9 Å². The molecule has 0 saturated carbocycles. The number of carbonyl (C=O) groups is 2. The smallest absolute Gasteiger partial charge is 0.260 e. The van der Waals surface area contributed by atoms with Crippen molar-refractivity contribution in [3.63, 3.8) is 0 Å². The zero-order chi connectivity index (χ0) is 37.1. The number of anilines is 3. The molecule has 0 spiro atoms. The second-order valence-electron chi connectivity index (χ2n) is 14.2. The number of ether oxygens (including phenoxy) is 4. The maximum absolute atomic E-state index is 14.0. The van der Waals surface area contributed by atoms with Crippen molar-refractivity contribution in [2.24, 2.45) is 0 Å². The maximum atomic E-state index is 14.0. The molecule has 4 aliphatic rings. The molecule has 0 saturated heterocycles. The van der Waals surface area contributed by atoms with Gasteiger partial charge in [0.05, 0.1) is 37.2 Å². The first-order valence-corrected chi connectivity index (χ1v) is 18.1. The third-order valence-electron chi connectivity index (χ3n) is 10.9. The summed E-state index contributed by atoms with van der Waals surface area (Å²) in [5.74, 6) is 1.94. The van der Waals surface area contributed by atoms with Crippen LogP contribution in [0.25, 0.3) is 0 Å². The summed E-state index contributed by atoms with van der Waals surface area (Å²) in [4.78, 5) is 33.8. The minimum absolute atomic E-state index is 0.0337. The average Bonchev–Trinajstić information content (AvgIpc) is 3.69. The number of fused-ring (bicyclic) bond motifs is 8. The van der Waals surface area contributed by atoms with E-state index < -0.39 is 0 Å². The summed E-state index contributed by atoms with van der Waals surface area (Å²) in [5, 5.41) is 0. The molecule has 9 rings (SSSR count). The fourth-order valence-corrected chi connectivity index (χ4v) is 8.30. The number of carbonyl (C=O) groups excluding carboxylic acids is 2. The Hall–Kier alpha value is -6.29. The Balaban J connectivity index is 0.924. The fraction of sp³-hybridized carbons (Fsp3) is 0.250. The van der Waals surface area contributed by atoms with Gasteiger partial charge in [0.1, 0.15) is 26.0 Å². The molecule has 4 heterocycles. The molecule has 0 fully saturated rings. The number of nitrogens with zero attached hydrogens (tertiary/aromatic N) is 4. The molecule has 0 aromatic heterocycles. The van der Waals surface area contributed by atoms with E-state index in [2.05, 4.69) is 23.2 Å². The van der Waals surface area contributed by atoms with Gasteiger partial charge in [-0.05, 0) is 71.5 Å². The van der Waals surface area contributed by atoms with Crippen LogP contribution >= 0.6 is 0 Å². The number of benzene rings is 5. The molecule has 10 heteroatoms. The Morgan fingerprint density at radius 3 is 1.94 bits per heavy atom. The Bertz CT molecular complexity index is 2370. The first-order valence-electron chi connectivity index (χ1n) is 18.1. The third kappa shape index (κ3) is 5.60. The second kappa shape index (κ2) is 13.3. The van der Waals surface area contributed by atoms with Crippen LogP contribution in [0, 0.1) is 0 Å². The van der Waals surface area contributed by atoms with E-state index >= 15 is 0 Å². The minimum Gasteiger partial charge on any atom is -0.493 e. The summed E-state index contributed by atoms with van der Waals surface area (Å²) < 4.78 is 26.1. The monoisotopic (exact) mass is 720 g/mol. The van der Waals surface area contributed by atoms with E-state index in [-0.39, 0.29) is 37.1 Å². The van der Waals surface area contributed by atoms with Crippen molar-refractivity contribution in [3.05, 3.63) is 130 Å². The van der Waals surface area contributed by atoms with Gasteiger partial charge in [0.2, 0.25) is 5.91 Å². The van der Waals surface area contributed by atoms with Gasteiger partial charge >= 0.3 is 0 Å². The van der Waals surface area contributed by atoms with E-state index in [4.69, 9.17) is 18.9 Å². The average molecular weight is 721 g/mol. The molecule has 272 valence electrons. The normalized spacial score (nSPS) is 18.0. The third-order valence-corrected chi connectivity index (χ3v) is 10.9. The van der Waals surface area contributed by atoms with E-state index in [0.29, 0.717) is 52.8 Å². The van der Waals surface area contributed by atoms with E-state index in [9.17, 15) is 9.59 Å². The van der Waals surface area contributed by atoms with Crippen molar-refractivity contribution in [3.8, 4) is 23.0 Å². The highest BCUT2D eigenvalue weighted by Crippen LogP contribution is 2.43. The molecule has 4 aliphatic heterocycles. The fourth-order valence-electron chi connectivity index (χ4n) is 8.30. The van der Waals surface area contributed by atoms with Crippen LogP contribution in [0.2, 0.25) is 0 Å². The van der Waals surface area contributed by atoms with Gasteiger partial charge < -0.3 is 38.2 Å². The van der Waals surface area contributed by atoms with Gasteiger partial charge in [-0.3, -0.25) is 9.59 Å². The topological polar surface area (TPSA) is 83.8 Å². The zero-order valence-corrected chi connectivity index (χ0v) is 30.7. The van der Waals surface area contributed by atoms with E-state index in [1.54, 1.807) is 26.4 Å². The molecule has 2 atom stereocenters.